The number of carbonyl (C=O) groups is 4. The van der Waals surface area contributed by atoms with Crippen LogP contribution in [0.2, 0.25) is 0 Å². The molecule has 0 aliphatic rings. The van der Waals surface area contributed by atoms with Gasteiger partial charge in [0.15, 0.2) is 12.9 Å². The minimum absolute atomic E-state index is 0.00782. The lowest BCUT2D eigenvalue weighted by molar-refractivity contribution is -0.146. The summed E-state index contributed by atoms with van der Waals surface area (Å²) in [4.78, 5) is 48.0. The molecular weight excluding hydrogens is 386 g/mol. The topological polar surface area (TPSA) is 129 Å². The third kappa shape index (κ3) is 7.68. The number of carbonyl (C=O) groups excluding carboxylic acids is 4. The normalized spacial score (nSPS) is 10.0. The van der Waals surface area contributed by atoms with E-state index in [-0.39, 0.29) is 49.9 Å². The van der Waals surface area contributed by atoms with Crippen LogP contribution in [0.4, 0.5) is 5.69 Å². The summed E-state index contributed by atoms with van der Waals surface area (Å²) in [6.07, 6.45) is 0.400. The molecule has 0 radical (unpaired) electrons. The van der Waals surface area contributed by atoms with Crippen molar-refractivity contribution in [3.8, 4) is 11.5 Å². The highest BCUT2D eigenvalue weighted by Crippen LogP contribution is 2.34. The Kier molecular flexibility index (Phi) is 10.00. The zero-order chi connectivity index (χ0) is 21.8. The second kappa shape index (κ2) is 12.2. The molecule has 0 atom stereocenters. The van der Waals surface area contributed by atoms with Gasteiger partial charge in [0.05, 0.1) is 31.1 Å². The molecule has 1 N–H and O–H groups in total. The first-order chi connectivity index (χ1) is 13.9. The molecule has 0 fully saturated rings. The highest BCUT2D eigenvalue weighted by Gasteiger charge is 2.23. The number of ether oxygens (including phenoxy) is 4. The lowest BCUT2D eigenvalue weighted by atomic mass is 10.1. The van der Waals surface area contributed by atoms with Gasteiger partial charge in [0.25, 0.3) is 0 Å². The smallest absolute Gasteiger partial charge is 0.344 e. The van der Waals surface area contributed by atoms with E-state index in [0.29, 0.717) is 6.29 Å². The molecule has 0 spiro atoms. The van der Waals surface area contributed by atoms with E-state index in [9.17, 15) is 24.3 Å². The molecule has 10 heteroatoms. The van der Waals surface area contributed by atoms with E-state index in [1.54, 1.807) is 20.8 Å². The molecule has 0 unspecified atom stereocenters. The van der Waals surface area contributed by atoms with Gasteiger partial charge in [-0.2, -0.15) is 0 Å². The van der Waals surface area contributed by atoms with Gasteiger partial charge >= 0.3 is 17.9 Å². The van der Waals surface area contributed by atoms with Gasteiger partial charge in [-0.25, -0.2) is 4.79 Å². The molecule has 1 aromatic carbocycles. The lowest BCUT2D eigenvalue weighted by Gasteiger charge is -2.25. The summed E-state index contributed by atoms with van der Waals surface area (Å²) in [5, 5.41) is 10.1. The Morgan fingerprint density at radius 1 is 0.931 bits per heavy atom. The molecule has 10 nitrogen and oxygen atoms in total. The van der Waals surface area contributed by atoms with E-state index in [4.69, 9.17) is 18.9 Å². The van der Waals surface area contributed by atoms with Gasteiger partial charge in [0.1, 0.15) is 24.6 Å². The third-order valence-electron chi connectivity index (χ3n) is 3.48. The molecule has 0 aliphatic carbocycles. The Hall–Kier alpha value is -3.30. The fourth-order valence-electron chi connectivity index (χ4n) is 2.32. The van der Waals surface area contributed by atoms with Gasteiger partial charge in [-0.05, 0) is 26.8 Å². The van der Waals surface area contributed by atoms with Crippen molar-refractivity contribution in [1.82, 2.24) is 0 Å². The Morgan fingerprint density at radius 2 is 1.45 bits per heavy atom. The van der Waals surface area contributed by atoms with Crippen LogP contribution in [0.3, 0.4) is 0 Å². The van der Waals surface area contributed by atoms with Crippen LogP contribution in [0.15, 0.2) is 12.1 Å². The second-order valence-corrected chi connectivity index (χ2v) is 5.56. The average molecular weight is 411 g/mol. The number of benzene rings is 1. The van der Waals surface area contributed by atoms with Gasteiger partial charge in [0.2, 0.25) is 0 Å². The highest BCUT2D eigenvalue weighted by molar-refractivity contribution is 5.87. The molecule has 29 heavy (non-hydrogen) atoms. The van der Waals surface area contributed by atoms with Gasteiger partial charge in [-0.3, -0.25) is 14.4 Å². The predicted octanol–water partition coefficient (Wildman–Crippen LogP) is 1.08. The number of esters is 3. The zero-order valence-corrected chi connectivity index (χ0v) is 16.6. The zero-order valence-electron chi connectivity index (χ0n) is 16.6. The summed E-state index contributed by atoms with van der Waals surface area (Å²) in [5.74, 6) is -2.32. The van der Waals surface area contributed by atoms with Crippen LogP contribution in [-0.2, 0) is 28.6 Å². The summed E-state index contributed by atoms with van der Waals surface area (Å²) in [7, 11) is 0. The van der Waals surface area contributed by atoms with Crippen LogP contribution in [0, 0.1) is 0 Å². The number of anilines is 1. The van der Waals surface area contributed by atoms with E-state index in [0.717, 1.165) is 6.07 Å². The maximum Gasteiger partial charge on any atom is 0.344 e. The molecule has 0 bridgehead atoms. The predicted molar refractivity (Wildman–Crippen MR) is 101 cm³/mol. The standard InChI is InChI=1S/C19H25NO9/c1-4-26-17(23)9-20(10-18(24)27-5-2)14-8-15(22)13(11-21)7-16(14)29-12-19(25)28-6-3/h7-8,11,22H,4-6,9-10,12H2,1-3H3. The van der Waals surface area contributed by atoms with E-state index < -0.39 is 30.3 Å². The number of aldehydes is 1. The Bertz CT molecular complexity index is 713. The first-order valence-corrected chi connectivity index (χ1v) is 9.02. The van der Waals surface area contributed by atoms with Crippen molar-refractivity contribution in [3.05, 3.63) is 17.7 Å². The summed E-state index contributed by atoms with van der Waals surface area (Å²) < 4.78 is 20.0. The Balaban J connectivity index is 3.28. The van der Waals surface area contributed by atoms with E-state index in [1.165, 1.54) is 11.0 Å². The molecule has 0 aromatic heterocycles. The molecule has 0 saturated heterocycles. The van der Waals surface area contributed by atoms with Gasteiger partial charge in [-0.15, -0.1) is 0 Å². The summed E-state index contributed by atoms with van der Waals surface area (Å²) >= 11 is 0. The number of nitrogens with zero attached hydrogens (tertiary/aromatic N) is 1. The van der Waals surface area contributed by atoms with Gasteiger partial charge in [0, 0.05) is 6.07 Å². The van der Waals surface area contributed by atoms with Gasteiger partial charge < -0.3 is 29.0 Å². The first kappa shape index (κ1) is 23.7. The molecule has 0 heterocycles. The molecule has 0 aliphatic heterocycles. The van der Waals surface area contributed by atoms with Crippen LogP contribution in [0.25, 0.3) is 0 Å². The molecular formula is C19H25NO9. The van der Waals surface area contributed by atoms with E-state index in [2.05, 4.69) is 0 Å². The molecule has 0 saturated carbocycles. The number of hydrogen-bond donors (Lipinski definition) is 1. The molecule has 1 aromatic rings. The molecule has 1 rings (SSSR count). The van der Waals surface area contributed by atoms with Crippen LogP contribution < -0.4 is 9.64 Å². The van der Waals surface area contributed by atoms with Crippen LogP contribution >= 0.6 is 0 Å². The van der Waals surface area contributed by atoms with Crippen molar-refractivity contribution in [3.63, 3.8) is 0 Å². The Morgan fingerprint density at radius 3 is 1.93 bits per heavy atom. The average Bonchev–Trinajstić information content (AvgIpc) is 2.66. The Labute approximate surface area is 168 Å². The summed E-state index contributed by atoms with van der Waals surface area (Å²) in [5.41, 5.74) is -0.00154. The van der Waals surface area contributed by atoms with Crippen molar-refractivity contribution in [2.24, 2.45) is 0 Å². The SMILES string of the molecule is CCOC(=O)COc1cc(C=O)c(O)cc1N(CC(=O)OCC)CC(=O)OCC. The number of rotatable bonds is 12. The lowest BCUT2D eigenvalue weighted by Crippen LogP contribution is -2.36. The number of phenolic OH excluding ortho intramolecular Hbond substituents is 1. The summed E-state index contributed by atoms with van der Waals surface area (Å²) in [6.45, 7) is 4.12. The van der Waals surface area contributed by atoms with E-state index in [1.807, 2.05) is 0 Å². The number of phenols is 1. The molecule has 160 valence electrons. The van der Waals surface area contributed by atoms with Crippen molar-refractivity contribution < 1.29 is 43.2 Å². The first-order valence-electron chi connectivity index (χ1n) is 9.02. The van der Waals surface area contributed by atoms with Crippen LogP contribution in [-0.4, -0.2) is 68.8 Å². The maximum absolute atomic E-state index is 12.0. The summed E-state index contributed by atoms with van der Waals surface area (Å²) in [6, 6.07) is 2.35. The van der Waals surface area contributed by atoms with E-state index >= 15 is 0 Å². The highest BCUT2D eigenvalue weighted by atomic mass is 16.6. The minimum Gasteiger partial charge on any atom is -0.507 e. The quantitative estimate of drug-likeness (QED) is 0.303. The van der Waals surface area contributed by atoms with Crippen LogP contribution in [0.5, 0.6) is 11.5 Å². The van der Waals surface area contributed by atoms with Crippen LogP contribution in [0.1, 0.15) is 31.1 Å². The fraction of sp³-hybridized carbons (Fsp3) is 0.474. The van der Waals surface area contributed by atoms with Crippen molar-refractivity contribution in [1.29, 1.82) is 0 Å². The van der Waals surface area contributed by atoms with Crippen molar-refractivity contribution in [2.45, 2.75) is 20.8 Å². The third-order valence-corrected chi connectivity index (χ3v) is 3.48. The largest absolute Gasteiger partial charge is 0.507 e. The maximum atomic E-state index is 12.0. The second-order valence-electron chi connectivity index (χ2n) is 5.56. The number of aromatic hydroxyl groups is 1. The fourth-order valence-corrected chi connectivity index (χ4v) is 2.32. The van der Waals surface area contributed by atoms with Crippen molar-refractivity contribution >= 4 is 29.9 Å². The number of hydrogen-bond acceptors (Lipinski definition) is 10. The molecule has 0 amide bonds. The van der Waals surface area contributed by atoms with Gasteiger partial charge in [-0.1, -0.05) is 0 Å². The van der Waals surface area contributed by atoms with Crippen molar-refractivity contribution in [2.75, 3.05) is 44.4 Å². The monoisotopic (exact) mass is 411 g/mol. The minimum atomic E-state index is -0.651.